The van der Waals surface area contributed by atoms with E-state index < -0.39 is 0 Å². The lowest BCUT2D eigenvalue weighted by atomic mass is 9.83. The predicted molar refractivity (Wildman–Crippen MR) is 218 cm³/mol. The minimum atomic E-state index is 0.909. The van der Waals surface area contributed by atoms with Crippen LogP contribution in [-0.4, -0.2) is 0 Å². The Bertz CT molecular complexity index is 3140. The third kappa shape index (κ3) is 4.35. The molecule has 11 rings (SSSR count). The van der Waals surface area contributed by atoms with Crippen LogP contribution in [-0.2, 0) is 0 Å². The summed E-state index contributed by atoms with van der Waals surface area (Å²) in [4.78, 5) is 0. The van der Waals surface area contributed by atoms with Crippen molar-refractivity contribution < 1.29 is 4.42 Å². The number of hydrogen-bond acceptors (Lipinski definition) is 1. The van der Waals surface area contributed by atoms with Crippen LogP contribution in [0.3, 0.4) is 0 Å². The highest BCUT2D eigenvalue weighted by Crippen LogP contribution is 2.47. The second-order valence-electron chi connectivity index (χ2n) is 13.7. The predicted octanol–water partition coefficient (Wildman–Crippen LogP) is 14.4. The van der Waals surface area contributed by atoms with Crippen molar-refractivity contribution in [2.24, 2.45) is 0 Å². The molecule has 0 fully saturated rings. The van der Waals surface area contributed by atoms with Gasteiger partial charge in [-0.3, -0.25) is 0 Å². The first-order chi connectivity index (χ1) is 25.3. The molecule has 236 valence electrons. The average Bonchev–Trinajstić information content (AvgIpc) is 3.55. The highest BCUT2D eigenvalue weighted by molar-refractivity contribution is 6.24. The van der Waals surface area contributed by atoms with Crippen molar-refractivity contribution in [1.82, 2.24) is 0 Å². The van der Waals surface area contributed by atoms with Crippen molar-refractivity contribution in [1.29, 1.82) is 0 Å². The van der Waals surface area contributed by atoms with Crippen molar-refractivity contribution in [2.45, 2.75) is 0 Å². The Morgan fingerprint density at radius 1 is 0.255 bits per heavy atom. The summed E-state index contributed by atoms with van der Waals surface area (Å²) < 4.78 is 6.38. The highest BCUT2D eigenvalue weighted by Gasteiger charge is 2.19. The van der Waals surface area contributed by atoms with Gasteiger partial charge in [-0.15, -0.1) is 0 Å². The van der Waals surface area contributed by atoms with Crippen LogP contribution in [0.4, 0.5) is 0 Å². The van der Waals surface area contributed by atoms with Gasteiger partial charge in [0.15, 0.2) is 0 Å². The SMILES string of the molecule is c1ccc2cc(-c3c4ccccc4c(-c4cc(-c5ccc6oc7cc8ccccc8cc7c6c5)cc5ccccc45)c4ccccc34)ccc2c1. The van der Waals surface area contributed by atoms with Gasteiger partial charge >= 0.3 is 0 Å². The van der Waals surface area contributed by atoms with E-state index in [0.29, 0.717) is 0 Å². The molecule has 0 aliphatic heterocycles. The summed E-state index contributed by atoms with van der Waals surface area (Å²) in [5.74, 6) is 0. The molecule has 1 nitrogen and oxygen atoms in total. The Labute approximate surface area is 294 Å². The summed E-state index contributed by atoms with van der Waals surface area (Å²) in [5.41, 5.74) is 9.21. The fourth-order valence-electron chi connectivity index (χ4n) is 8.40. The molecule has 11 aromatic rings. The first-order valence-electron chi connectivity index (χ1n) is 17.6. The molecule has 0 saturated heterocycles. The maximum Gasteiger partial charge on any atom is 0.136 e. The van der Waals surface area contributed by atoms with Crippen LogP contribution in [0.1, 0.15) is 0 Å². The summed E-state index contributed by atoms with van der Waals surface area (Å²) in [7, 11) is 0. The van der Waals surface area contributed by atoms with Crippen molar-refractivity contribution in [3.63, 3.8) is 0 Å². The monoisotopic (exact) mass is 646 g/mol. The zero-order valence-electron chi connectivity index (χ0n) is 27.7. The van der Waals surface area contributed by atoms with Gasteiger partial charge in [0.1, 0.15) is 11.2 Å². The van der Waals surface area contributed by atoms with Gasteiger partial charge < -0.3 is 4.42 Å². The summed E-state index contributed by atoms with van der Waals surface area (Å²) in [6, 6.07) is 66.5. The Morgan fingerprint density at radius 3 is 1.47 bits per heavy atom. The molecule has 0 N–H and O–H groups in total. The Morgan fingerprint density at radius 2 is 0.765 bits per heavy atom. The molecule has 0 unspecified atom stereocenters. The molecule has 0 amide bonds. The molecule has 1 heteroatoms. The van der Waals surface area contributed by atoms with Crippen LogP contribution >= 0.6 is 0 Å². The Kier molecular flexibility index (Phi) is 6.02. The third-order valence-electron chi connectivity index (χ3n) is 10.8. The molecule has 0 atom stereocenters. The van der Waals surface area contributed by atoms with Crippen molar-refractivity contribution in [3.8, 4) is 33.4 Å². The minimum Gasteiger partial charge on any atom is -0.456 e. The first kappa shape index (κ1) is 28.2. The molecule has 0 spiro atoms. The minimum absolute atomic E-state index is 0.909. The van der Waals surface area contributed by atoms with Crippen molar-refractivity contribution in [3.05, 3.63) is 182 Å². The van der Waals surface area contributed by atoms with E-state index in [1.54, 1.807) is 0 Å². The van der Waals surface area contributed by atoms with Crippen LogP contribution in [0.25, 0.3) is 109 Å². The lowest BCUT2D eigenvalue weighted by Crippen LogP contribution is -1.92. The molecule has 0 radical (unpaired) electrons. The van der Waals surface area contributed by atoms with Crippen molar-refractivity contribution >= 4 is 75.8 Å². The Balaban J connectivity index is 1.19. The molecule has 1 aromatic heterocycles. The van der Waals surface area contributed by atoms with Gasteiger partial charge in [0.2, 0.25) is 0 Å². The maximum absolute atomic E-state index is 6.38. The lowest BCUT2D eigenvalue weighted by Gasteiger charge is -2.20. The third-order valence-corrected chi connectivity index (χ3v) is 10.8. The van der Waals surface area contributed by atoms with Gasteiger partial charge in [-0.1, -0.05) is 140 Å². The van der Waals surface area contributed by atoms with E-state index in [9.17, 15) is 0 Å². The molecule has 10 aromatic carbocycles. The van der Waals surface area contributed by atoms with Crippen LogP contribution < -0.4 is 0 Å². The molecule has 0 aliphatic carbocycles. The maximum atomic E-state index is 6.38. The summed E-state index contributed by atoms with van der Waals surface area (Å²) in [6.07, 6.45) is 0. The van der Waals surface area contributed by atoms with Gasteiger partial charge in [-0.2, -0.15) is 0 Å². The molecule has 0 saturated carbocycles. The van der Waals surface area contributed by atoms with Gasteiger partial charge in [-0.25, -0.2) is 0 Å². The van der Waals surface area contributed by atoms with E-state index in [-0.39, 0.29) is 0 Å². The fraction of sp³-hybridized carbons (Fsp3) is 0. The number of furan rings is 1. The zero-order valence-corrected chi connectivity index (χ0v) is 27.7. The molecule has 1 heterocycles. The van der Waals surface area contributed by atoms with Gasteiger partial charge in [0.05, 0.1) is 0 Å². The molecular formula is C50H30O. The molecule has 0 aliphatic rings. The van der Waals surface area contributed by atoms with Crippen LogP contribution in [0, 0.1) is 0 Å². The van der Waals surface area contributed by atoms with Gasteiger partial charge in [0, 0.05) is 10.8 Å². The van der Waals surface area contributed by atoms with E-state index in [0.717, 1.165) is 21.9 Å². The van der Waals surface area contributed by atoms with Crippen LogP contribution in [0.15, 0.2) is 186 Å². The van der Waals surface area contributed by atoms with Crippen LogP contribution in [0.5, 0.6) is 0 Å². The average molecular weight is 647 g/mol. The van der Waals surface area contributed by atoms with Gasteiger partial charge in [0.25, 0.3) is 0 Å². The summed E-state index contributed by atoms with van der Waals surface area (Å²) >= 11 is 0. The zero-order chi connectivity index (χ0) is 33.5. The number of hydrogen-bond donors (Lipinski definition) is 0. The van der Waals surface area contributed by atoms with E-state index >= 15 is 0 Å². The summed E-state index contributed by atoms with van der Waals surface area (Å²) in [6.45, 7) is 0. The van der Waals surface area contributed by atoms with Gasteiger partial charge in [-0.05, 0) is 130 Å². The summed E-state index contributed by atoms with van der Waals surface area (Å²) in [5, 5.41) is 14.7. The normalized spacial score (nSPS) is 11.9. The van der Waals surface area contributed by atoms with E-state index in [1.165, 1.54) is 87.2 Å². The molecule has 51 heavy (non-hydrogen) atoms. The number of rotatable bonds is 3. The molecular weight excluding hydrogens is 617 g/mol. The molecule has 0 bridgehead atoms. The first-order valence-corrected chi connectivity index (χ1v) is 17.6. The topological polar surface area (TPSA) is 13.1 Å². The quantitative estimate of drug-likeness (QED) is 0.174. The van der Waals surface area contributed by atoms with Crippen LogP contribution in [0.2, 0.25) is 0 Å². The Hall–Kier alpha value is -6.70. The van der Waals surface area contributed by atoms with E-state index in [2.05, 4.69) is 182 Å². The van der Waals surface area contributed by atoms with Crippen molar-refractivity contribution in [2.75, 3.05) is 0 Å². The number of benzene rings is 10. The smallest absolute Gasteiger partial charge is 0.136 e. The standard InChI is InChI=1S/C50H30O/c1-2-12-32-25-37(22-21-31(32)11-1)49-40-17-7-9-19-42(40)50(43-20-10-8-18-41(43)49)46-29-38(26-36-15-5-6-16-39(36)46)35-23-24-47-44(28-35)45-27-33-13-3-4-14-34(33)30-48(45)51-47/h1-30H. The van der Waals surface area contributed by atoms with E-state index in [4.69, 9.17) is 4.42 Å². The fourth-order valence-corrected chi connectivity index (χ4v) is 8.40. The number of fused-ring (bicyclic) bond motifs is 8. The van der Waals surface area contributed by atoms with E-state index in [1.807, 2.05) is 0 Å². The second-order valence-corrected chi connectivity index (χ2v) is 13.7. The highest BCUT2D eigenvalue weighted by atomic mass is 16.3. The largest absolute Gasteiger partial charge is 0.456 e. The second kappa shape index (κ2) is 10.9. The lowest BCUT2D eigenvalue weighted by molar-refractivity contribution is 0.669.